The Kier molecular flexibility index (Phi) is 3.92. The first-order valence-electron chi connectivity index (χ1n) is 7.00. The lowest BCUT2D eigenvalue weighted by Gasteiger charge is -2.37. The predicted molar refractivity (Wildman–Crippen MR) is 77.7 cm³/mol. The largest absolute Gasteiger partial charge is 0.341 e. The van der Waals surface area contributed by atoms with E-state index in [1.165, 1.54) is 25.2 Å². The number of hydrogen-bond donors (Lipinski definition) is 0. The Balaban J connectivity index is 2.18. The third-order valence-electron chi connectivity index (χ3n) is 4.24. The van der Waals surface area contributed by atoms with Gasteiger partial charge in [-0.3, -0.25) is 10.1 Å². The number of nitrogens with zero attached hydrogens (tertiary/aromatic N) is 4. The van der Waals surface area contributed by atoms with Crippen LogP contribution in [0.15, 0.2) is 12.4 Å². The monoisotopic (exact) mass is 278 g/mol. The van der Waals surface area contributed by atoms with Gasteiger partial charge in [0.1, 0.15) is 12.4 Å². The summed E-state index contributed by atoms with van der Waals surface area (Å²) in [5, 5.41) is 10.6. The molecule has 20 heavy (non-hydrogen) atoms. The minimum Gasteiger partial charge on any atom is -0.341 e. The number of anilines is 1. The molecule has 0 radical (unpaired) electrons. The Bertz CT molecular complexity index is 481. The first kappa shape index (κ1) is 14.7. The summed E-state index contributed by atoms with van der Waals surface area (Å²) in [4.78, 5) is 20.5. The van der Waals surface area contributed by atoms with Crippen molar-refractivity contribution in [2.75, 3.05) is 11.9 Å². The molecule has 1 aliphatic carbocycles. The van der Waals surface area contributed by atoms with Crippen molar-refractivity contribution in [3.05, 3.63) is 22.5 Å². The summed E-state index contributed by atoms with van der Waals surface area (Å²) < 4.78 is 0. The van der Waals surface area contributed by atoms with E-state index in [2.05, 4.69) is 35.6 Å². The third-order valence-corrected chi connectivity index (χ3v) is 4.24. The van der Waals surface area contributed by atoms with Crippen LogP contribution in [0.4, 0.5) is 11.6 Å². The Labute approximate surface area is 119 Å². The van der Waals surface area contributed by atoms with Crippen LogP contribution in [0.1, 0.15) is 40.0 Å². The van der Waals surface area contributed by atoms with Gasteiger partial charge in [-0.15, -0.1) is 0 Å². The van der Waals surface area contributed by atoms with Crippen LogP contribution >= 0.6 is 0 Å². The normalized spacial score (nSPS) is 22.8. The predicted octanol–water partition coefficient (Wildman–Crippen LogP) is 3.04. The van der Waals surface area contributed by atoms with Gasteiger partial charge in [-0.2, -0.15) is 0 Å². The molecule has 0 aliphatic heterocycles. The van der Waals surface area contributed by atoms with Crippen LogP contribution in [0.2, 0.25) is 0 Å². The summed E-state index contributed by atoms with van der Waals surface area (Å²) in [6, 6.07) is 0.399. The lowest BCUT2D eigenvalue weighted by atomic mass is 9.77. The minimum absolute atomic E-state index is 0.0686. The number of hydrogen-bond acceptors (Lipinski definition) is 5. The Morgan fingerprint density at radius 3 is 2.40 bits per heavy atom. The highest BCUT2D eigenvalue weighted by atomic mass is 16.6. The van der Waals surface area contributed by atoms with Gasteiger partial charge in [-0.05, 0) is 24.2 Å². The fourth-order valence-electron chi connectivity index (χ4n) is 3.15. The van der Waals surface area contributed by atoms with E-state index in [1.54, 1.807) is 0 Å². The second-order valence-electron chi connectivity index (χ2n) is 6.58. The van der Waals surface area contributed by atoms with Gasteiger partial charge >= 0.3 is 5.69 Å². The van der Waals surface area contributed by atoms with E-state index in [-0.39, 0.29) is 11.1 Å². The number of rotatable bonds is 3. The third kappa shape index (κ3) is 2.89. The lowest BCUT2D eigenvalue weighted by Crippen LogP contribution is -2.40. The molecule has 0 amide bonds. The van der Waals surface area contributed by atoms with Crippen molar-refractivity contribution in [1.82, 2.24) is 9.97 Å². The summed E-state index contributed by atoms with van der Waals surface area (Å²) in [6.07, 6.45) is 6.11. The zero-order valence-corrected chi connectivity index (χ0v) is 12.5. The quantitative estimate of drug-likeness (QED) is 0.627. The molecule has 0 bridgehead atoms. The first-order chi connectivity index (χ1) is 9.30. The SMILES string of the molecule is CN(c1ncc([N+](=O)[O-])cn1)C1CCCC1C(C)(C)C. The first-order valence-corrected chi connectivity index (χ1v) is 7.00. The highest BCUT2D eigenvalue weighted by Gasteiger charge is 2.38. The van der Waals surface area contributed by atoms with Crippen molar-refractivity contribution in [3.63, 3.8) is 0 Å². The molecule has 2 atom stereocenters. The Hall–Kier alpha value is -1.72. The van der Waals surface area contributed by atoms with Crippen molar-refractivity contribution in [2.24, 2.45) is 11.3 Å². The molecule has 6 heteroatoms. The van der Waals surface area contributed by atoms with E-state index in [0.717, 1.165) is 6.42 Å². The maximum atomic E-state index is 10.6. The molecule has 1 fully saturated rings. The molecular weight excluding hydrogens is 256 g/mol. The molecule has 6 nitrogen and oxygen atoms in total. The van der Waals surface area contributed by atoms with Gasteiger partial charge in [0, 0.05) is 13.1 Å². The highest BCUT2D eigenvalue weighted by molar-refractivity contribution is 5.35. The molecule has 1 aliphatic rings. The van der Waals surface area contributed by atoms with Gasteiger partial charge in [-0.1, -0.05) is 27.2 Å². The van der Waals surface area contributed by atoms with E-state index >= 15 is 0 Å². The zero-order chi connectivity index (χ0) is 14.9. The molecule has 2 unspecified atom stereocenters. The molecular formula is C14H22N4O2. The molecule has 0 aromatic carbocycles. The van der Waals surface area contributed by atoms with Crippen LogP contribution in [-0.4, -0.2) is 28.0 Å². The fraction of sp³-hybridized carbons (Fsp3) is 0.714. The van der Waals surface area contributed by atoms with Crippen molar-refractivity contribution in [2.45, 2.75) is 46.1 Å². The maximum Gasteiger partial charge on any atom is 0.305 e. The molecule has 1 saturated carbocycles. The van der Waals surface area contributed by atoms with Gasteiger partial charge < -0.3 is 4.90 Å². The molecule has 0 spiro atoms. The second-order valence-corrected chi connectivity index (χ2v) is 6.58. The van der Waals surface area contributed by atoms with Gasteiger partial charge in [0.2, 0.25) is 5.95 Å². The Morgan fingerprint density at radius 1 is 1.30 bits per heavy atom. The van der Waals surface area contributed by atoms with Gasteiger partial charge in [0.15, 0.2) is 0 Å². The summed E-state index contributed by atoms with van der Waals surface area (Å²) >= 11 is 0. The highest BCUT2D eigenvalue weighted by Crippen LogP contribution is 2.42. The molecule has 0 N–H and O–H groups in total. The molecule has 1 heterocycles. The summed E-state index contributed by atoms with van der Waals surface area (Å²) in [6.45, 7) is 6.79. The summed E-state index contributed by atoms with van der Waals surface area (Å²) in [5.74, 6) is 1.16. The van der Waals surface area contributed by atoms with Gasteiger partial charge in [0.05, 0.1) is 4.92 Å². The van der Waals surface area contributed by atoms with Crippen LogP contribution in [0.3, 0.4) is 0 Å². The molecule has 0 saturated heterocycles. The minimum atomic E-state index is -0.475. The Morgan fingerprint density at radius 2 is 1.90 bits per heavy atom. The van der Waals surface area contributed by atoms with Crippen molar-refractivity contribution >= 4 is 11.6 Å². The van der Waals surface area contributed by atoms with Crippen LogP contribution in [0.25, 0.3) is 0 Å². The van der Waals surface area contributed by atoms with Crippen molar-refractivity contribution in [3.8, 4) is 0 Å². The van der Waals surface area contributed by atoms with E-state index in [9.17, 15) is 10.1 Å². The van der Waals surface area contributed by atoms with Gasteiger partial charge in [-0.25, -0.2) is 9.97 Å². The summed E-state index contributed by atoms with van der Waals surface area (Å²) in [7, 11) is 1.98. The topological polar surface area (TPSA) is 72.2 Å². The van der Waals surface area contributed by atoms with Crippen LogP contribution < -0.4 is 4.90 Å². The lowest BCUT2D eigenvalue weighted by molar-refractivity contribution is -0.385. The molecule has 110 valence electrons. The van der Waals surface area contributed by atoms with E-state index < -0.39 is 4.92 Å². The number of aromatic nitrogens is 2. The zero-order valence-electron chi connectivity index (χ0n) is 12.5. The van der Waals surface area contributed by atoms with Gasteiger partial charge in [0.25, 0.3) is 0 Å². The van der Waals surface area contributed by atoms with Crippen molar-refractivity contribution < 1.29 is 4.92 Å². The van der Waals surface area contributed by atoms with Crippen LogP contribution in [0.5, 0.6) is 0 Å². The van der Waals surface area contributed by atoms with Crippen LogP contribution in [-0.2, 0) is 0 Å². The number of nitro groups is 1. The fourth-order valence-corrected chi connectivity index (χ4v) is 3.15. The van der Waals surface area contributed by atoms with Crippen molar-refractivity contribution in [1.29, 1.82) is 0 Å². The molecule has 1 aromatic heterocycles. The molecule has 1 aromatic rings. The van der Waals surface area contributed by atoms with Crippen LogP contribution in [0, 0.1) is 21.4 Å². The average molecular weight is 278 g/mol. The smallest absolute Gasteiger partial charge is 0.305 e. The van der Waals surface area contributed by atoms with E-state index in [4.69, 9.17) is 0 Å². The maximum absolute atomic E-state index is 10.6. The standard InChI is InChI=1S/C14H22N4O2/c1-14(2,3)11-6-5-7-12(11)17(4)13-15-8-10(9-16-13)18(19)20/h8-9,11-12H,5-7H2,1-4H3. The van der Waals surface area contributed by atoms with E-state index in [0.29, 0.717) is 17.9 Å². The molecule has 2 rings (SSSR count). The summed E-state index contributed by atoms with van der Waals surface area (Å²) in [5.41, 5.74) is 0.178. The average Bonchev–Trinajstić information content (AvgIpc) is 2.87. The van der Waals surface area contributed by atoms with E-state index in [1.807, 2.05) is 7.05 Å². The second kappa shape index (κ2) is 5.34.